The molecule has 1 aromatic carbocycles. The lowest BCUT2D eigenvalue weighted by molar-refractivity contribution is -0.179. The van der Waals surface area contributed by atoms with E-state index in [1.807, 2.05) is 0 Å². The zero-order valence-electron chi connectivity index (χ0n) is 12.2. The van der Waals surface area contributed by atoms with Crippen LogP contribution in [0.2, 0.25) is 0 Å². The number of hydrogen-bond acceptors (Lipinski definition) is 6. The standard InChI is InChI=1S/C15H15NO6/c1-3-9(14(19)21-4-2)15(20)22-16-12(17)10-7-5-6-8-11(10)13(16)18/h5-9H,3-4H2,1-2H3. The molecule has 0 aliphatic carbocycles. The Bertz CT molecular complexity index is 604. The van der Waals surface area contributed by atoms with Gasteiger partial charge in [-0.15, -0.1) is 0 Å². The molecule has 116 valence electrons. The first-order chi connectivity index (χ1) is 10.5. The molecule has 1 aliphatic heterocycles. The highest BCUT2D eigenvalue weighted by molar-refractivity contribution is 6.21. The summed E-state index contributed by atoms with van der Waals surface area (Å²) >= 11 is 0. The Morgan fingerprint density at radius 2 is 1.59 bits per heavy atom. The topological polar surface area (TPSA) is 90.0 Å². The highest BCUT2D eigenvalue weighted by atomic mass is 16.7. The van der Waals surface area contributed by atoms with Gasteiger partial charge in [0, 0.05) is 0 Å². The molecule has 2 rings (SSSR count). The molecule has 0 bridgehead atoms. The van der Waals surface area contributed by atoms with Crippen LogP contribution in [0.4, 0.5) is 0 Å². The second-order valence-electron chi connectivity index (χ2n) is 4.57. The molecule has 0 fully saturated rings. The summed E-state index contributed by atoms with van der Waals surface area (Å²) in [4.78, 5) is 52.6. The second-order valence-corrected chi connectivity index (χ2v) is 4.57. The molecule has 2 amide bonds. The summed E-state index contributed by atoms with van der Waals surface area (Å²) in [7, 11) is 0. The monoisotopic (exact) mass is 305 g/mol. The van der Waals surface area contributed by atoms with Crippen molar-refractivity contribution in [1.82, 2.24) is 5.06 Å². The van der Waals surface area contributed by atoms with Gasteiger partial charge in [-0.25, -0.2) is 4.79 Å². The number of nitrogens with zero attached hydrogens (tertiary/aromatic N) is 1. The third kappa shape index (κ3) is 2.69. The van der Waals surface area contributed by atoms with Crippen LogP contribution in [0, 0.1) is 5.92 Å². The number of benzene rings is 1. The second kappa shape index (κ2) is 6.38. The molecular formula is C15H15NO6. The fraction of sp³-hybridized carbons (Fsp3) is 0.333. The fourth-order valence-corrected chi connectivity index (χ4v) is 2.08. The molecule has 1 aromatic rings. The average molecular weight is 305 g/mol. The Balaban J connectivity index is 2.15. The average Bonchev–Trinajstić information content (AvgIpc) is 2.74. The van der Waals surface area contributed by atoms with E-state index in [1.165, 1.54) is 12.1 Å². The van der Waals surface area contributed by atoms with Crippen LogP contribution in [0.5, 0.6) is 0 Å². The zero-order valence-corrected chi connectivity index (χ0v) is 12.2. The molecule has 0 N–H and O–H groups in total. The van der Waals surface area contributed by atoms with Crippen LogP contribution in [0.25, 0.3) is 0 Å². The van der Waals surface area contributed by atoms with Gasteiger partial charge in [0.2, 0.25) is 0 Å². The van der Waals surface area contributed by atoms with Gasteiger partial charge < -0.3 is 9.57 Å². The van der Waals surface area contributed by atoms with Gasteiger partial charge in [-0.05, 0) is 25.5 Å². The van der Waals surface area contributed by atoms with Crippen molar-refractivity contribution in [3.63, 3.8) is 0 Å². The van der Waals surface area contributed by atoms with Crippen molar-refractivity contribution in [1.29, 1.82) is 0 Å². The molecule has 7 heteroatoms. The number of imide groups is 1. The largest absolute Gasteiger partial charge is 0.465 e. The predicted octanol–water partition coefficient (Wildman–Crippen LogP) is 1.33. The molecule has 22 heavy (non-hydrogen) atoms. The Morgan fingerprint density at radius 1 is 1.05 bits per heavy atom. The van der Waals surface area contributed by atoms with Gasteiger partial charge in [0.1, 0.15) is 0 Å². The van der Waals surface area contributed by atoms with E-state index < -0.39 is 29.7 Å². The molecular weight excluding hydrogens is 290 g/mol. The zero-order chi connectivity index (χ0) is 16.3. The number of amides is 2. The van der Waals surface area contributed by atoms with Gasteiger partial charge >= 0.3 is 11.9 Å². The van der Waals surface area contributed by atoms with E-state index in [2.05, 4.69) is 0 Å². The SMILES string of the molecule is CCOC(=O)C(CC)C(=O)ON1C(=O)c2ccccc2C1=O. The first-order valence-corrected chi connectivity index (χ1v) is 6.87. The van der Waals surface area contributed by atoms with Gasteiger partial charge in [0.25, 0.3) is 11.8 Å². The predicted molar refractivity (Wildman–Crippen MR) is 73.4 cm³/mol. The molecule has 1 heterocycles. The quantitative estimate of drug-likeness (QED) is 0.463. The van der Waals surface area contributed by atoms with E-state index in [0.29, 0.717) is 5.06 Å². The van der Waals surface area contributed by atoms with Crippen molar-refractivity contribution in [2.75, 3.05) is 6.61 Å². The fourth-order valence-electron chi connectivity index (χ4n) is 2.08. The number of hydrogen-bond donors (Lipinski definition) is 0. The first kappa shape index (κ1) is 15.7. The van der Waals surface area contributed by atoms with E-state index in [4.69, 9.17) is 9.57 Å². The number of esters is 1. The van der Waals surface area contributed by atoms with Crippen LogP contribution in [-0.2, 0) is 19.2 Å². The van der Waals surface area contributed by atoms with Crippen molar-refractivity contribution >= 4 is 23.8 Å². The number of carbonyl (C=O) groups is 4. The highest BCUT2D eigenvalue weighted by Crippen LogP contribution is 2.23. The van der Waals surface area contributed by atoms with E-state index in [9.17, 15) is 19.2 Å². The Morgan fingerprint density at radius 3 is 2.05 bits per heavy atom. The van der Waals surface area contributed by atoms with Gasteiger partial charge in [-0.2, -0.15) is 0 Å². The third-order valence-corrected chi connectivity index (χ3v) is 3.20. The van der Waals surface area contributed by atoms with E-state index in [1.54, 1.807) is 26.0 Å². The summed E-state index contributed by atoms with van der Waals surface area (Å²) in [5.74, 6) is -4.37. The minimum Gasteiger partial charge on any atom is -0.465 e. The van der Waals surface area contributed by atoms with Crippen molar-refractivity contribution in [3.8, 4) is 0 Å². The van der Waals surface area contributed by atoms with Crippen molar-refractivity contribution < 1.29 is 28.8 Å². The minimum atomic E-state index is -1.18. The summed E-state index contributed by atoms with van der Waals surface area (Å²) < 4.78 is 4.77. The summed E-state index contributed by atoms with van der Waals surface area (Å²) in [6.07, 6.45) is 0.140. The number of rotatable bonds is 5. The summed E-state index contributed by atoms with van der Waals surface area (Å²) in [6, 6.07) is 6.13. The van der Waals surface area contributed by atoms with Gasteiger partial charge in [-0.1, -0.05) is 24.1 Å². The molecule has 0 saturated carbocycles. The third-order valence-electron chi connectivity index (χ3n) is 3.20. The summed E-state index contributed by atoms with van der Waals surface area (Å²) in [5.41, 5.74) is 0.314. The lowest BCUT2D eigenvalue weighted by Crippen LogP contribution is -2.37. The van der Waals surface area contributed by atoms with Crippen molar-refractivity contribution in [3.05, 3.63) is 35.4 Å². The molecule has 0 radical (unpaired) electrons. The molecule has 1 aliphatic rings. The summed E-state index contributed by atoms with van der Waals surface area (Å²) in [6.45, 7) is 3.33. The normalized spacial score (nSPS) is 14.5. The van der Waals surface area contributed by atoms with Gasteiger partial charge in [-0.3, -0.25) is 14.4 Å². The Hall–Kier alpha value is -2.70. The van der Waals surface area contributed by atoms with E-state index in [0.717, 1.165) is 0 Å². The molecule has 0 spiro atoms. The first-order valence-electron chi connectivity index (χ1n) is 6.87. The van der Waals surface area contributed by atoms with E-state index in [-0.39, 0.29) is 24.2 Å². The Labute approximate surface area is 126 Å². The number of ether oxygens (including phenoxy) is 1. The maximum Gasteiger partial charge on any atom is 0.347 e. The van der Waals surface area contributed by atoms with Gasteiger partial charge in [0.15, 0.2) is 5.92 Å². The smallest absolute Gasteiger partial charge is 0.347 e. The van der Waals surface area contributed by atoms with Crippen LogP contribution in [0.15, 0.2) is 24.3 Å². The molecule has 0 aromatic heterocycles. The van der Waals surface area contributed by atoms with Crippen molar-refractivity contribution in [2.45, 2.75) is 20.3 Å². The molecule has 1 unspecified atom stereocenters. The number of hydroxylamine groups is 2. The maximum absolute atomic E-state index is 12.1. The molecule has 7 nitrogen and oxygen atoms in total. The minimum absolute atomic E-state index is 0.121. The van der Waals surface area contributed by atoms with Crippen LogP contribution in [0.3, 0.4) is 0 Å². The van der Waals surface area contributed by atoms with Crippen LogP contribution >= 0.6 is 0 Å². The molecule has 0 saturated heterocycles. The maximum atomic E-state index is 12.1. The Kier molecular flexibility index (Phi) is 4.55. The van der Waals surface area contributed by atoms with Gasteiger partial charge in [0.05, 0.1) is 17.7 Å². The lowest BCUT2D eigenvalue weighted by atomic mass is 10.1. The van der Waals surface area contributed by atoms with Crippen LogP contribution < -0.4 is 0 Å². The van der Waals surface area contributed by atoms with Crippen molar-refractivity contribution in [2.24, 2.45) is 5.92 Å². The van der Waals surface area contributed by atoms with Crippen LogP contribution in [0.1, 0.15) is 41.0 Å². The lowest BCUT2D eigenvalue weighted by Gasteiger charge is -2.16. The van der Waals surface area contributed by atoms with Crippen LogP contribution in [-0.4, -0.2) is 35.4 Å². The summed E-state index contributed by atoms with van der Waals surface area (Å²) in [5, 5.41) is 0.384. The molecule has 1 atom stereocenters. The highest BCUT2D eigenvalue weighted by Gasteiger charge is 2.40. The number of fused-ring (bicyclic) bond motifs is 1. The number of carbonyl (C=O) groups excluding carboxylic acids is 4. The van der Waals surface area contributed by atoms with E-state index >= 15 is 0 Å².